The lowest BCUT2D eigenvalue weighted by atomic mass is 10.1. The summed E-state index contributed by atoms with van der Waals surface area (Å²) in [6.45, 7) is 7.27. The van der Waals surface area contributed by atoms with E-state index >= 15 is 0 Å². The third kappa shape index (κ3) is 2.43. The number of hydrogen-bond donors (Lipinski definition) is 0. The molecule has 118 valence electrons. The number of fused-ring (bicyclic) bond motifs is 2. The Morgan fingerprint density at radius 3 is 2.57 bits per heavy atom. The Kier molecular flexibility index (Phi) is 3.43. The van der Waals surface area contributed by atoms with Crippen LogP contribution in [0.15, 0.2) is 18.2 Å². The van der Waals surface area contributed by atoms with E-state index in [2.05, 4.69) is 22.8 Å². The van der Waals surface area contributed by atoms with Gasteiger partial charge in [-0.05, 0) is 18.7 Å². The Balaban J connectivity index is 1.74. The van der Waals surface area contributed by atoms with Gasteiger partial charge in [-0.2, -0.15) is 5.26 Å². The number of nitriles is 1. The van der Waals surface area contributed by atoms with Gasteiger partial charge in [0.25, 0.3) is 0 Å². The summed E-state index contributed by atoms with van der Waals surface area (Å²) < 4.78 is 10.8. The molecule has 0 bridgehead atoms. The Morgan fingerprint density at radius 2 is 1.87 bits per heavy atom. The molecule has 0 atom stereocenters. The summed E-state index contributed by atoms with van der Waals surface area (Å²) in [6, 6.07) is 7.97. The first-order chi connectivity index (χ1) is 11.3. The van der Waals surface area contributed by atoms with Crippen molar-refractivity contribution in [1.29, 1.82) is 5.26 Å². The van der Waals surface area contributed by atoms with Crippen LogP contribution in [0.25, 0.3) is 10.9 Å². The van der Waals surface area contributed by atoms with Gasteiger partial charge in [0.15, 0.2) is 11.5 Å². The molecule has 6 heteroatoms. The third-order valence-corrected chi connectivity index (χ3v) is 4.53. The summed E-state index contributed by atoms with van der Waals surface area (Å²) in [5, 5.41) is 10.4. The van der Waals surface area contributed by atoms with Crippen LogP contribution in [0.5, 0.6) is 11.5 Å². The zero-order chi connectivity index (χ0) is 15.8. The number of likely N-dealkylation sites (N-methyl/N-ethyl adjacent to an activating group) is 1. The highest BCUT2D eigenvalue weighted by Crippen LogP contribution is 2.37. The van der Waals surface area contributed by atoms with Crippen LogP contribution in [0.2, 0.25) is 0 Å². The van der Waals surface area contributed by atoms with E-state index in [0.29, 0.717) is 11.3 Å². The van der Waals surface area contributed by atoms with Crippen molar-refractivity contribution in [1.82, 2.24) is 9.88 Å². The Labute approximate surface area is 134 Å². The number of ether oxygens (including phenoxy) is 2. The van der Waals surface area contributed by atoms with Gasteiger partial charge in [0.05, 0.1) is 11.1 Å². The number of pyridine rings is 1. The van der Waals surface area contributed by atoms with Gasteiger partial charge in [-0.1, -0.05) is 6.92 Å². The van der Waals surface area contributed by atoms with E-state index in [1.807, 2.05) is 18.2 Å². The number of aromatic nitrogens is 1. The molecular formula is C17H18N4O2. The lowest BCUT2D eigenvalue weighted by Crippen LogP contribution is -2.46. The Morgan fingerprint density at radius 1 is 1.13 bits per heavy atom. The molecule has 4 rings (SSSR count). The van der Waals surface area contributed by atoms with Crippen LogP contribution < -0.4 is 14.4 Å². The van der Waals surface area contributed by atoms with Crippen LogP contribution in [0, 0.1) is 11.3 Å². The summed E-state index contributed by atoms with van der Waals surface area (Å²) in [5.74, 6) is 2.21. The van der Waals surface area contributed by atoms with Crippen LogP contribution in [-0.2, 0) is 0 Å². The maximum atomic E-state index is 9.52. The lowest BCUT2D eigenvalue weighted by Gasteiger charge is -2.35. The number of rotatable bonds is 2. The zero-order valence-corrected chi connectivity index (χ0v) is 13.1. The maximum absolute atomic E-state index is 9.52. The third-order valence-electron chi connectivity index (χ3n) is 4.53. The molecular weight excluding hydrogens is 292 g/mol. The second-order valence-corrected chi connectivity index (χ2v) is 5.79. The Hall–Kier alpha value is -2.52. The maximum Gasteiger partial charge on any atom is 0.231 e. The van der Waals surface area contributed by atoms with E-state index < -0.39 is 0 Å². The van der Waals surface area contributed by atoms with Crippen molar-refractivity contribution in [2.45, 2.75) is 6.92 Å². The first-order valence-electron chi connectivity index (χ1n) is 7.90. The van der Waals surface area contributed by atoms with Crippen molar-refractivity contribution in [3.05, 3.63) is 23.8 Å². The second kappa shape index (κ2) is 5.60. The monoisotopic (exact) mass is 310 g/mol. The van der Waals surface area contributed by atoms with E-state index in [-0.39, 0.29) is 6.79 Å². The number of nitrogens with zero attached hydrogens (tertiary/aromatic N) is 4. The van der Waals surface area contributed by atoms with Crippen molar-refractivity contribution in [3.8, 4) is 17.6 Å². The molecule has 0 unspecified atom stereocenters. The highest BCUT2D eigenvalue weighted by atomic mass is 16.7. The SMILES string of the molecule is CCN1CCN(c2nc3cc4c(cc3cc2C#N)OCO4)CC1. The average molecular weight is 310 g/mol. The van der Waals surface area contributed by atoms with Crippen LogP contribution in [0.3, 0.4) is 0 Å². The highest BCUT2D eigenvalue weighted by molar-refractivity contribution is 5.86. The van der Waals surface area contributed by atoms with Crippen LogP contribution >= 0.6 is 0 Å². The fourth-order valence-corrected chi connectivity index (χ4v) is 3.15. The van der Waals surface area contributed by atoms with Gasteiger partial charge in [0.1, 0.15) is 11.9 Å². The van der Waals surface area contributed by atoms with Crippen molar-refractivity contribution in [2.75, 3.05) is 44.4 Å². The van der Waals surface area contributed by atoms with Gasteiger partial charge < -0.3 is 19.3 Å². The van der Waals surface area contributed by atoms with Gasteiger partial charge in [-0.15, -0.1) is 0 Å². The predicted octanol–water partition coefficient (Wildman–Crippen LogP) is 1.98. The molecule has 0 amide bonds. The number of hydrogen-bond acceptors (Lipinski definition) is 6. The van der Waals surface area contributed by atoms with Crippen molar-refractivity contribution in [3.63, 3.8) is 0 Å². The minimum absolute atomic E-state index is 0.239. The molecule has 0 spiro atoms. The largest absolute Gasteiger partial charge is 0.454 e. The molecule has 0 aliphatic carbocycles. The molecule has 0 radical (unpaired) electrons. The fourth-order valence-electron chi connectivity index (χ4n) is 3.15. The first kappa shape index (κ1) is 14.1. The smallest absolute Gasteiger partial charge is 0.231 e. The molecule has 3 heterocycles. The molecule has 1 saturated heterocycles. The molecule has 0 saturated carbocycles. The molecule has 2 aliphatic rings. The van der Waals surface area contributed by atoms with E-state index in [4.69, 9.17) is 14.5 Å². The van der Waals surface area contributed by atoms with E-state index in [1.54, 1.807) is 0 Å². The molecule has 2 aromatic rings. The summed E-state index contributed by atoms with van der Waals surface area (Å²) in [4.78, 5) is 9.35. The van der Waals surface area contributed by atoms with Crippen molar-refractivity contribution < 1.29 is 9.47 Å². The predicted molar refractivity (Wildman–Crippen MR) is 86.9 cm³/mol. The van der Waals surface area contributed by atoms with Gasteiger partial charge in [0.2, 0.25) is 6.79 Å². The number of piperazine rings is 1. The van der Waals surface area contributed by atoms with Gasteiger partial charge in [0, 0.05) is 37.6 Å². The van der Waals surface area contributed by atoms with Crippen LogP contribution in [0.1, 0.15) is 12.5 Å². The van der Waals surface area contributed by atoms with Crippen molar-refractivity contribution >= 4 is 16.7 Å². The standard InChI is InChI=1S/C17H18N4O2/c1-2-20-3-5-21(6-4-20)17-13(10-18)7-12-8-15-16(23-11-22-15)9-14(12)19-17/h7-9H,2-6,11H2,1H3. The lowest BCUT2D eigenvalue weighted by molar-refractivity contribution is 0.174. The highest BCUT2D eigenvalue weighted by Gasteiger charge is 2.21. The van der Waals surface area contributed by atoms with Crippen LogP contribution in [-0.4, -0.2) is 49.4 Å². The molecule has 1 aromatic heterocycles. The van der Waals surface area contributed by atoms with Crippen molar-refractivity contribution in [2.24, 2.45) is 0 Å². The van der Waals surface area contributed by atoms with Gasteiger partial charge in [-0.25, -0.2) is 4.98 Å². The summed E-state index contributed by atoms with van der Waals surface area (Å²) >= 11 is 0. The second-order valence-electron chi connectivity index (χ2n) is 5.79. The fraction of sp³-hybridized carbons (Fsp3) is 0.412. The van der Waals surface area contributed by atoms with E-state index in [9.17, 15) is 5.26 Å². The minimum Gasteiger partial charge on any atom is -0.454 e. The first-order valence-corrected chi connectivity index (χ1v) is 7.90. The van der Waals surface area contributed by atoms with E-state index in [0.717, 1.165) is 55.2 Å². The van der Waals surface area contributed by atoms with E-state index in [1.165, 1.54) is 0 Å². The molecule has 0 N–H and O–H groups in total. The van der Waals surface area contributed by atoms with Gasteiger partial charge in [-0.3, -0.25) is 0 Å². The molecule has 6 nitrogen and oxygen atoms in total. The average Bonchev–Trinajstić information content (AvgIpc) is 3.05. The number of benzene rings is 1. The summed E-state index contributed by atoms with van der Waals surface area (Å²) in [7, 11) is 0. The zero-order valence-electron chi connectivity index (χ0n) is 13.1. The normalized spacial score (nSPS) is 17.5. The topological polar surface area (TPSA) is 61.6 Å². The quantitative estimate of drug-likeness (QED) is 0.845. The minimum atomic E-state index is 0.239. The van der Waals surface area contributed by atoms with Gasteiger partial charge >= 0.3 is 0 Å². The molecule has 1 fully saturated rings. The summed E-state index contributed by atoms with van der Waals surface area (Å²) in [6.07, 6.45) is 0. The van der Waals surface area contributed by atoms with Crippen LogP contribution in [0.4, 0.5) is 5.82 Å². The molecule has 2 aliphatic heterocycles. The number of anilines is 1. The Bertz CT molecular complexity index is 791. The molecule has 23 heavy (non-hydrogen) atoms. The summed E-state index contributed by atoms with van der Waals surface area (Å²) in [5.41, 5.74) is 1.45. The molecule has 1 aromatic carbocycles.